The molecule has 1 aromatic heterocycles. The third-order valence-electron chi connectivity index (χ3n) is 1.92. The van der Waals surface area contributed by atoms with Crippen LogP contribution in [0.1, 0.15) is 18.5 Å². The van der Waals surface area contributed by atoms with Crippen molar-refractivity contribution >= 4 is 0 Å². The molecule has 2 nitrogen and oxygen atoms in total. The first-order valence-corrected chi connectivity index (χ1v) is 4.31. The second-order valence-electron chi connectivity index (χ2n) is 3.15. The van der Waals surface area contributed by atoms with E-state index < -0.39 is 0 Å². The maximum Gasteiger partial charge on any atom is 0.131 e. The molecule has 0 aliphatic heterocycles. The van der Waals surface area contributed by atoms with Gasteiger partial charge in [-0.25, -0.2) is 0 Å². The quantitative estimate of drug-likeness (QED) is 0.675. The van der Waals surface area contributed by atoms with Crippen molar-refractivity contribution in [3.05, 3.63) is 36.7 Å². The highest BCUT2D eigenvalue weighted by molar-refractivity contribution is 5.09. The van der Waals surface area contributed by atoms with Crippen LogP contribution < -0.4 is 0 Å². The van der Waals surface area contributed by atoms with Crippen molar-refractivity contribution in [2.24, 2.45) is 5.92 Å². The first-order valence-electron chi connectivity index (χ1n) is 4.31. The molecule has 0 aromatic carbocycles. The van der Waals surface area contributed by atoms with Crippen LogP contribution in [0, 0.1) is 12.5 Å². The highest BCUT2D eigenvalue weighted by Gasteiger charge is 2.21. The van der Waals surface area contributed by atoms with E-state index in [-0.39, 0.29) is 0 Å². The van der Waals surface area contributed by atoms with E-state index >= 15 is 0 Å². The van der Waals surface area contributed by atoms with Crippen molar-refractivity contribution in [1.82, 2.24) is 4.98 Å². The summed E-state index contributed by atoms with van der Waals surface area (Å²) in [4.78, 5) is 4.12. The van der Waals surface area contributed by atoms with Gasteiger partial charge < -0.3 is 4.74 Å². The summed E-state index contributed by atoms with van der Waals surface area (Å²) in [5.41, 5.74) is 0.901. The SMILES string of the molecule is [CH](OCC1CC1)c1ccccn1. The predicted molar refractivity (Wildman–Crippen MR) is 46.3 cm³/mol. The summed E-state index contributed by atoms with van der Waals surface area (Å²) in [6, 6.07) is 5.80. The third-order valence-corrected chi connectivity index (χ3v) is 1.92. The first kappa shape index (κ1) is 7.74. The van der Waals surface area contributed by atoms with Gasteiger partial charge in [-0.05, 0) is 30.9 Å². The monoisotopic (exact) mass is 162 g/mol. The van der Waals surface area contributed by atoms with Gasteiger partial charge in [-0.2, -0.15) is 0 Å². The van der Waals surface area contributed by atoms with Gasteiger partial charge in [0.05, 0.1) is 12.3 Å². The normalized spacial score (nSPS) is 16.3. The van der Waals surface area contributed by atoms with Crippen LogP contribution in [0.25, 0.3) is 0 Å². The highest BCUT2D eigenvalue weighted by atomic mass is 16.5. The van der Waals surface area contributed by atoms with Gasteiger partial charge in [-0.15, -0.1) is 0 Å². The predicted octanol–water partition coefficient (Wildman–Crippen LogP) is 2.02. The third kappa shape index (κ3) is 2.31. The van der Waals surface area contributed by atoms with Gasteiger partial charge in [0.25, 0.3) is 0 Å². The molecule has 1 saturated carbocycles. The average Bonchev–Trinajstić information content (AvgIpc) is 2.90. The van der Waals surface area contributed by atoms with E-state index in [1.807, 2.05) is 18.2 Å². The summed E-state index contributed by atoms with van der Waals surface area (Å²) in [6.07, 6.45) is 4.43. The molecule has 2 heteroatoms. The molecule has 1 radical (unpaired) electrons. The first-order chi connectivity index (χ1) is 5.95. The Labute approximate surface area is 72.6 Å². The van der Waals surface area contributed by atoms with Gasteiger partial charge in [0, 0.05) is 6.20 Å². The molecule has 1 aromatic rings. The number of rotatable bonds is 4. The van der Waals surface area contributed by atoms with Crippen LogP contribution in [0.15, 0.2) is 24.4 Å². The fraction of sp³-hybridized carbons (Fsp3) is 0.400. The van der Waals surface area contributed by atoms with Crippen LogP contribution in [0.5, 0.6) is 0 Å². The topological polar surface area (TPSA) is 22.1 Å². The maximum absolute atomic E-state index is 5.36. The molecule has 0 bridgehead atoms. The average molecular weight is 162 g/mol. The number of aromatic nitrogens is 1. The van der Waals surface area contributed by atoms with Gasteiger partial charge in [-0.1, -0.05) is 6.07 Å². The molecule has 0 unspecified atom stereocenters. The van der Waals surface area contributed by atoms with Crippen LogP contribution in [0.3, 0.4) is 0 Å². The van der Waals surface area contributed by atoms with Crippen LogP contribution in [0.2, 0.25) is 0 Å². The Bertz CT molecular complexity index is 231. The standard InChI is InChI=1S/C10H12NO/c1-2-6-11-10(3-1)8-12-7-9-4-5-9/h1-3,6,8-9H,4-5,7H2. The molecule has 0 atom stereocenters. The smallest absolute Gasteiger partial charge is 0.131 e. The Morgan fingerprint density at radius 2 is 2.42 bits per heavy atom. The lowest BCUT2D eigenvalue weighted by molar-refractivity contribution is 0.197. The van der Waals surface area contributed by atoms with Crippen LogP contribution in [0.4, 0.5) is 0 Å². The van der Waals surface area contributed by atoms with Crippen LogP contribution >= 0.6 is 0 Å². The second kappa shape index (κ2) is 3.68. The van der Waals surface area contributed by atoms with Gasteiger partial charge in [0.1, 0.15) is 6.61 Å². The van der Waals surface area contributed by atoms with Gasteiger partial charge in [0.2, 0.25) is 0 Å². The Morgan fingerprint density at radius 1 is 1.50 bits per heavy atom. The zero-order valence-corrected chi connectivity index (χ0v) is 6.94. The summed E-state index contributed by atoms with van der Waals surface area (Å²) < 4.78 is 5.36. The fourth-order valence-corrected chi connectivity index (χ4v) is 1.000. The number of hydrogen-bond donors (Lipinski definition) is 0. The highest BCUT2D eigenvalue weighted by Crippen LogP contribution is 2.29. The van der Waals surface area contributed by atoms with Crippen molar-refractivity contribution < 1.29 is 4.74 Å². The number of nitrogens with zero attached hydrogens (tertiary/aromatic N) is 1. The molecule has 1 heterocycles. The Kier molecular flexibility index (Phi) is 2.37. The number of pyridine rings is 1. The molecule has 12 heavy (non-hydrogen) atoms. The van der Waals surface area contributed by atoms with Crippen molar-refractivity contribution in [2.45, 2.75) is 12.8 Å². The van der Waals surface area contributed by atoms with Crippen molar-refractivity contribution in [2.75, 3.05) is 6.61 Å². The van der Waals surface area contributed by atoms with Crippen molar-refractivity contribution in [3.8, 4) is 0 Å². The minimum absolute atomic E-state index is 0.810. The molecule has 63 valence electrons. The van der Waals surface area contributed by atoms with E-state index in [2.05, 4.69) is 4.98 Å². The molecule has 2 rings (SSSR count). The molecule has 1 aliphatic carbocycles. The molecule has 0 spiro atoms. The fourth-order valence-electron chi connectivity index (χ4n) is 1.000. The lowest BCUT2D eigenvalue weighted by Crippen LogP contribution is -1.95. The minimum Gasteiger partial charge on any atom is -0.368 e. The van der Waals surface area contributed by atoms with Crippen LogP contribution in [-0.4, -0.2) is 11.6 Å². The summed E-state index contributed by atoms with van der Waals surface area (Å²) in [5, 5.41) is 0. The lowest BCUT2D eigenvalue weighted by atomic mass is 10.4. The van der Waals surface area contributed by atoms with Gasteiger partial charge >= 0.3 is 0 Å². The number of hydrogen-bond acceptors (Lipinski definition) is 2. The largest absolute Gasteiger partial charge is 0.368 e. The summed E-state index contributed by atoms with van der Waals surface area (Å²) in [6.45, 7) is 2.59. The Balaban J connectivity index is 1.72. The van der Waals surface area contributed by atoms with Crippen molar-refractivity contribution in [1.29, 1.82) is 0 Å². The van der Waals surface area contributed by atoms with E-state index in [9.17, 15) is 0 Å². The molecule has 1 fully saturated rings. The van der Waals surface area contributed by atoms with E-state index in [0.29, 0.717) is 0 Å². The Morgan fingerprint density at radius 3 is 3.08 bits per heavy atom. The van der Waals surface area contributed by atoms with E-state index in [1.165, 1.54) is 12.8 Å². The maximum atomic E-state index is 5.36. The molecular formula is C10H12NO. The van der Waals surface area contributed by atoms with E-state index in [4.69, 9.17) is 4.74 Å². The lowest BCUT2D eigenvalue weighted by Gasteiger charge is -1.99. The summed E-state index contributed by atoms with van der Waals surface area (Å²) in [5.74, 6) is 0.810. The molecule has 1 aliphatic rings. The summed E-state index contributed by atoms with van der Waals surface area (Å²) >= 11 is 0. The second-order valence-corrected chi connectivity index (χ2v) is 3.15. The zero-order chi connectivity index (χ0) is 8.23. The van der Waals surface area contributed by atoms with Crippen LogP contribution in [-0.2, 0) is 4.74 Å². The molecule has 0 N–H and O–H groups in total. The van der Waals surface area contributed by atoms with Gasteiger partial charge in [-0.3, -0.25) is 4.98 Å². The van der Waals surface area contributed by atoms with Crippen molar-refractivity contribution in [3.63, 3.8) is 0 Å². The minimum atomic E-state index is 0.810. The molecule has 0 amide bonds. The van der Waals surface area contributed by atoms with E-state index in [0.717, 1.165) is 18.2 Å². The molecular weight excluding hydrogens is 150 g/mol. The van der Waals surface area contributed by atoms with E-state index in [1.54, 1.807) is 12.8 Å². The molecule has 0 saturated heterocycles. The number of ether oxygens (including phenoxy) is 1. The Hall–Kier alpha value is -0.890. The van der Waals surface area contributed by atoms with Gasteiger partial charge in [0.15, 0.2) is 0 Å². The summed E-state index contributed by atoms with van der Waals surface area (Å²) in [7, 11) is 0. The zero-order valence-electron chi connectivity index (χ0n) is 6.94.